The number of fused-ring (bicyclic) bond motifs is 1. The van der Waals surface area contributed by atoms with Crippen LogP contribution in [0.3, 0.4) is 0 Å². The van der Waals surface area contributed by atoms with Crippen molar-refractivity contribution in [1.29, 1.82) is 0 Å². The van der Waals surface area contributed by atoms with Gasteiger partial charge < -0.3 is 29.3 Å². The Morgan fingerprint density at radius 3 is 2.82 bits per heavy atom. The van der Waals surface area contributed by atoms with Crippen LogP contribution in [0.5, 0.6) is 11.5 Å². The Balaban J connectivity index is 1.49. The van der Waals surface area contributed by atoms with Crippen molar-refractivity contribution in [2.45, 2.75) is 25.5 Å². The Morgan fingerprint density at radius 2 is 2.12 bits per heavy atom. The number of aliphatic hydroxyl groups excluding tert-OH is 1. The summed E-state index contributed by atoms with van der Waals surface area (Å²) < 4.78 is 21.1. The minimum atomic E-state index is -1.41. The molecule has 9 heteroatoms. The lowest BCUT2D eigenvalue weighted by Gasteiger charge is -2.39. The number of oxime groups is 1. The highest BCUT2D eigenvalue weighted by atomic mass is 19.1. The summed E-state index contributed by atoms with van der Waals surface area (Å²) in [6, 6.07) is 9.54. The third kappa shape index (κ3) is 3.58. The molecular weight excluding hydrogens is 439 g/mol. The number of amidine groups is 1. The molecule has 0 amide bonds. The van der Waals surface area contributed by atoms with Gasteiger partial charge in [0.1, 0.15) is 23.9 Å². The number of hydrogen-bond donors (Lipinski definition) is 2. The van der Waals surface area contributed by atoms with E-state index in [1.165, 1.54) is 12.1 Å². The molecule has 0 bridgehead atoms. The first-order valence-electron chi connectivity index (χ1n) is 11.0. The molecule has 1 fully saturated rings. The molecule has 3 aromatic rings. The molecule has 3 heterocycles. The van der Waals surface area contributed by atoms with Crippen LogP contribution in [0.25, 0.3) is 11.8 Å². The van der Waals surface area contributed by atoms with Crippen LogP contribution in [0.15, 0.2) is 59.7 Å². The van der Waals surface area contributed by atoms with Crippen LogP contribution in [0.1, 0.15) is 29.7 Å². The molecule has 2 aliphatic heterocycles. The summed E-state index contributed by atoms with van der Waals surface area (Å²) in [4.78, 5) is 11.8. The number of aromatic nitrogens is 2. The van der Waals surface area contributed by atoms with Crippen molar-refractivity contribution in [1.82, 2.24) is 14.5 Å². The van der Waals surface area contributed by atoms with E-state index < -0.39 is 18.1 Å². The van der Waals surface area contributed by atoms with Gasteiger partial charge in [-0.05, 0) is 61.2 Å². The average molecular weight is 464 g/mol. The fraction of sp³-hybridized carbons (Fsp3) is 0.280. The first kappa shape index (κ1) is 22.0. The van der Waals surface area contributed by atoms with Gasteiger partial charge in [-0.25, -0.2) is 9.37 Å². The minimum absolute atomic E-state index is 0.262. The second-order valence-corrected chi connectivity index (χ2v) is 8.39. The highest BCUT2D eigenvalue weighted by Crippen LogP contribution is 2.43. The van der Waals surface area contributed by atoms with E-state index >= 15 is 0 Å². The molecule has 0 aliphatic carbocycles. The lowest BCUT2D eigenvalue weighted by Crippen LogP contribution is -2.51. The van der Waals surface area contributed by atoms with Crippen LogP contribution in [0.4, 0.5) is 4.39 Å². The number of aryl methyl sites for hydroxylation is 1. The highest BCUT2D eigenvalue weighted by Gasteiger charge is 2.50. The number of nitrogens with zero attached hydrogens (tertiary/aromatic N) is 4. The van der Waals surface area contributed by atoms with E-state index in [4.69, 9.17) is 9.57 Å². The summed E-state index contributed by atoms with van der Waals surface area (Å²) in [7, 11) is 1.63. The summed E-state index contributed by atoms with van der Waals surface area (Å²) in [5.41, 5.74) is 2.49. The monoisotopic (exact) mass is 464 g/mol. The van der Waals surface area contributed by atoms with Gasteiger partial charge in [0.25, 0.3) is 5.72 Å². The highest BCUT2D eigenvalue weighted by molar-refractivity contribution is 6.03. The van der Waals surface area contributed by atoms with Crippen molar-refractivity contribution in [3.05, 3.63) is 77.1 Å². The zero-order chi connectivity index (χ0) is 23.9. The van der Waals surface area contributed by atoms with Gasteiger partial charge in [-0.2, -0.15) is 0 Å². The van der Waals surface area contributed by atoms with Gasteiger partial charge in [0.2, 0.25) is 0 Å². The van der Waals surface area contributed by atoms with Crippen LogP contribution >= 0.6 is 0 Å². The number of phenols is 1. The molecule has 176 valence electrons. The summed E-state index contributed by atoms with van der Waals surface area (Å²) in [5, 5.41) is 25.0. The largest absolute Gasteiger partial charge is 0.507 e. The maximum Gasteiger partial charge on any atom is 0.263 e. The summed E-state index contributed by atoms with van der Waals surface area (Å²) in [5.74, 6) is 0.412. The van der Waals surface area contributed by atoms with Gasteiger partial charge in [0.15, 0.2) is 5.84 Å². The Hall–Kier alpha value is -3.85. The zero-order valence-corrected chi connectivity index (χ0v) is 18.9. The predicted octanol–water partition coefficient (Wildman–Crippen LogP) is 3.70. The van der Waals surface area contributed by atoms with Gasteiger partial charge in [0, 0.05) is 18.8 Å². The number of halogens is 1. The number of ether oxygens (including phenoxy) is 1. The van der Waals surface area contributed by atoms with Gasteiger partial charge in [0.05, 0.1) is 30.4 Å². The number of piperidine rings is 1. The minimum Gasteiger partial charge on any atom is -0.507 e. The molecule has 5 rings (SSSR count). The van der Waals surface area contributed by atoms with Crippen molar-refractivity contribution in [3.8, 4) is 17.2 Å². The zero-order valence-electron chi connectivity index (χ0n) is 18.9. The van der Waals surface area contributed by atoms with Crippen LogP contribution < -0.4 is 4.74 Å². The number of hydrogen-bond acceptors (Lipinski definition) is 7. The van der Waals surface area contributed by atoms with E-state index in [2.05, 4.69) is 10.1 Å². The average Bonchev–Trinajstić information content (AvgIpc) is 3.44. The number of imidazole rings is 1. The molecule has 8 nitrogen and oxygen atoms in total. The smallest absolute Gasteiger partial charge is 0.263 e. The maximum atomic E-state index is 13.6. The lowest BCUT2D eigenvalue weighted by atomic mass is 9.94. The molecule has 2 aliphatic rings. The van der Waals surface area contributed by atoms with Crippen molar-refractivity contribution >= 4 is 11.9 Å². The van der Waals surface area contributed by atoms with E-state index in [9.17, 15) is 14.6 Å². The van der Waals surface area contributed by atoms with Crippen LogP contribution in [0, 0.1) is 12.7 Å². The fourth-order valence-corrected chi connectivity index (χ4v) is 4.56. The molecular formula is C25H25FN4O4. The van der Waals surface area contributed by atoms with E-state index in [0.29, 0.717) is 18.1 Å². The Labute approximate surface area is 196 Å². The van der Waals surface area contributed by atoms with Gasteiger partial charge >= 0.3 is 0 Å². The number of methoxy groups -OCH3 is 1. The molecule has 0 saturated carbocycles. The standard InChI is InChI=1S/C25H25FN4O4/c1-16-13-29(15-27-16)21-8-5-17(11-23(21)33-2)10-18-4-3-9-30-24(18)28-34-25(30,14-31)20-7-6-19(26)12-22(20)32/h5-8,10-13,15,31-32H,3-4,9,14H2,1-2H3. The van der Waals surface area contributed by atoms with Gasteiger partial charge in [-0.1, -0.05) is 11.2 Å². The summed E-state index contributed by atoms with van der Waals surface area (Å²) >= 11 is 0. The quantitative estimate of drug-likeness (QED) is 0.598. The van der Waals surface area contributed by atoms with Crippen LogP contribution in [-0.2, 0) is 10.6 Å². The van der Waals surface area contributed by atoms with E-state index in [-0.39, 0.29) is 11.3 Å². The Kier molecular flexibility index (Phi) is 5.49. The van der Waals surface area contributed by atoms with Crippen molar-refractivity contribution in [2.75, 3.05) is 20.3 Å². The fourth-order valence-electron chi connectivity index (χ4n) is 4.56. The summed E-state index contributed by atoms with van der Waals surface area (Å²) in [6.45, 7) is 2.04. The van der Waals surface area contributed by atoms with Crippen LogP contribution in [-0.4, -0.2) is 50.8 Å². The molecule has 2 N–H and O–H groups in total. The third-order valence-electron chi connectivity index (χ3n) is 6.22. The van der Waals surface area contributed by atoms with Crippen molar-refractivity contribution in [3.63, 3.8) is 0 Å². The van der Waals surface area contributed by atoms with Gasteiger partial charge in [-0.3, -0.25) is 0 Å². The number of rotatable bonds is 5. The van der Waals surface area contributed by atoms with E-state index in [1.807, 2.05) is 46.9 Å². The van der Waals surface area contributed by atoms with E-state index in [1.54, 1.807) is 13.4 Å². The summed E-state index contributed by atoms with van der Waals surface area (Å²) in [6.07, 6.45) is 7.24. The number of benzene rings is 2. The molecule has 1 atom stereocenters. The Morgan fingerprint density at radius 1 is 1.26 bits per heavy atom. The lowest BCUT2D eigenvalue weighted by molar-refractivity contribution is -0.138. The number of aliphatic hydroxyl groups is 1. The van der Waals surface area contributed by atoms with Gasteiger partial charge in [-0.15, -0.1) is 0 Å². The maximum absolute atomic E-state index is 13.6. The van der Waals surface area contributed by atoms with E-state index in [0.717, 1.165) is 41.4 Å². The molecule has 1 aromatic heterocycles. The number of aromatic hydroxyl groups is 1. The molecule has 1 unspecified atom stereocenters. The predicted molar refractivity (Wildman–Crippen MR) is 124 cm³/mol. The Bertz CT molecular complexity index is 1300. The molecule has 0 radical (unpaired) electrons. The van der Waals surface area contributed by atoms with Crippen molar-refractivity contribution < 1.29 is 24.2 Å². The topological polar surface area (TPSA) is 92.3 Å². The van der Waals surface area contributed by atoms with Crippen molar-refractivity contribution in [2.24, 2.45) is 5.16 Å². The normalized spacial score (nSPS) is 20.8. The third-order valence-corrected chi connectivity index (χ3v) is 6.22. The molecule has 0 spiro atoms. The molecule has 1 saturated heterocycles. The van der Waals surface area contributed by atoms with Crippen LogP contribution in [0.2, 0.25) is 0 Å². The SMILES string of the molecule is COc1cc(C=C2CCCN3C2=NOC3(CO)c2ccc(F)cc2O)ccc1-n1cnc(C)c1. The molecule has 34 heavy (non-hydrogen) atoms. The first-order valence-corrected chi connectivity index (χ1v) is 11.0. The second-order valence-electron chi connectivity index (χ2n) is 8.39. The first-order chi connectivity index (χ1) is 16.4. The second kappa shape index (κ2) is 8.49. The molecule has 2 aromatic carbocycles. The number of phenolic OH excluding ortho intramolecular Hbond substituents is 1.